The molecule has 0 aliphatic carbocycles. The average molecular weight is 1480 g/mol. The lowest BCUT2D eigenvalue weighted by molar-refractivity contribution is -0.298. The van der Waals surface area contributed by atoms with Gasteiger partial charge >= 0.3 is 0 Å². The smallest absolute Gasteiger partial charge is 0.187 e. The van der Waals surface area contributed by atoms with Gasteiger partial charge in [-0.05, 0) is 65.8 Å². The maximum atomic E-state index is 12.4. The highest BCUT2D eigenvalue weighted by Gasteiger charge is 2.51. The van der Waals surface area contributed by atoms with Crippen LogP contribution in [0.3, 0.4) is 0 Å². The minimum atomic E-state index is -1.48. The molecule has 0 spiro atoms. The molecule has 36 nitrogen and oxygen atoms in total. The lowest BCUT2D eigenvalue weighted by Crippen LogP contribution is -2.59. The number of allylic oxidation sites excluding steroid dienone is 6. The van der Waals surface area contributed by atoms with Crippen molar-refractivity contribution in [2.24, 2.45) is 0 Å². The van der Waals surface area contributed by atoms with Crippen LogP contribution in [-0.2, 0) is 56.8 Å². The van der Waals surface area contributed by atoms with Gasteiger partial charge in [-0.3, -0.25) is 0 Å². The largest absolute Gasteiger partial charge is 0.394 e. The van der Waals surface area contributed by atoms with E-state index in [2.05, 4.69) is 0 Å². The van der Waals surface area contributed by atoms with E-state index < -0.39 is 247 Å². The van der Waals surface area contributed by atoms with E-state index in [1.165, 1.54) is 27.7 Å². The van der Waals surface area contributed by atoms with Crippen molar-refractivity contribution in [3.05, 3.63) is 71.9 Å². The molecule has 100 heavy (non-hydrogen) atoms. The van der Waals surface area contributed by atoms with E-state index >= 15 is 0 Å². The van der Waals surface area contributed by atoms with Gasteiger partial charge in [0.25, 0.3) is 0 Å². The van der Waals surface area contributed by atoms with Gasteiger partial charge in [0.2, 0.25) is 0 Å². The zero-order valence-corrected chi connectivity index (χ0v) is 55.6. The molecule has 0 saturated carbocycles. The molecule has 0 amide bonds. The Morgan fingerprint density at radius 1 is 0.300 bits per heavy atom. The van der Waals surface area contributed by atoms with Crippen molar-refractivity contribution in [2.75, 3.05) is 79.3 Å². The quantitative estimate of drug-likeness (QED) is 0.0255. The summed E-state index contributed by atoms with van der Waals surface area (Å²) in [5, 5.41) is 223. The van der Waals surface area contributed by atoms with Crippen molar-refractivity contribution < 1.29 is 197 Å². The molecule has 6 heterocycles. The van der Waals surface area contributed by atoms with Crippen LogP contribution in [-0.4, -0.2) is 386 Å². The SMILES string of the molecule is C/C(F)=C/CO[C@@H]1OC(CO)[C@@H](O)C(O)C1O.C/C(F)=C\COC1OC(C(O)CO)C(O)C1O.C/C(F)=C\COC1OC(C(O)CO)C(O)C1O.C/C(F)=C\CO[C@@H]1OC(CO)[C@@H](O)C(O)C1O.C/C=C\COC1OC(C(O)CO)C(O)C1O.C/C=C\COC1OC(C(O)CO)C(O)C1O. The third kappa shape index (κ3) is 31.4. The third-order valence-electron chi connectivity index (χ3n) is 14.7. The number of rotatable bonds is 28. The minimum Gasteiger partial charge on any atom is -0.394 e. The molecule has 26 unspecified atom stereocenters. The Morgan fingerprint density at radius 3 is 0.670 bits per heavy atom. The molecule has 0 radical (unpaired) electrons. The van der Waals surface area contributed by atoms with Gasteiger partial charge in [0.1, 0.15) is 146 Å². The van der Waals surface area contributed by atoms with E-state index in [-0.39, 0.29) is 39.6 Å². The lowest BCUT2D eigenvalue weighted by Gasteiger charge is -2.39. The van der Waals surface area contributed by atoms with Crippen LogP contribution in [0.4, 0.5) is 17.6 Å². The minimum absolute atomic E-state index is 0.126. The Labute approximate surface area is 572 Å². The van der Waals surface area contributed by atoms with Crippen molar-refractivity contribution in [1.82, 2.24) is 0 Å². The number of aliphatic hydroxyl groups is 24. The predicted molar refractivity (Wildman–Crippen MR) is 327 cm³/mol. The van der Waals surface area contributed by atoms with Crippen LogP contribution in [0, 0.1) is 0 Å². The molecular formula is C60H104F4O36. The fourth-order valence-electron chi connectivity index (χ4n) is 8.86. The second kappa shape index (κ2) is 50.3. The first-order valence-corrected chi connectivity index (χ1v) is 31.2. The van der Waals surface area contributed by atoms with E-state index in [4.69, 9.17) is 87.5 Å². The molecule has 0 bridgehead atoms. The predicted octanol–water partition coefficient (Wildman–Crippen LogP) is -8.54. The van der Waals surface area contributed by atoms with Gasteiger partial charge < -0.3 is 179 Å². The lowest BCUT2D eigenvalue weighted by atomic mass is 9.99. The molecule has 6 fully saturated rings. The van der Waals surface area contributed by atoms with Gasteiger partial charge in [0.15, 0.2) is 37.7 Å². The summed E-state index contributed by atoms with van der Waals surface area (Å²) in [5.74, 6) is -1.78. The van der Waals surface area contributed by atoms with Crippen LogP contribution < -0.4 is 0 Å². The second-order valence-electron chi connectivity index (χ2n) is 22.5. The van der Waals surface area contributed by atoms with Crippen molar-refractivity contribution in [1.29, 1.82) is 0 Å². The molecule has 588 valence electrons. The number of halogens is 4. The van der Waals surface area contributed by atoms with E-state index in [0.717, 1.165) is 24.3 Å². The van der Waals surface area contributed by atoms with Crippen LogP contribution in [0.15, 0.2) is 71.9 Å². The number of hydrogen-bond donors (Lipinski definition) is 24. The maximum absolute atomic E-state index is 12.4. The van der Waals surface area contributed by atoms with Crippen molar-refractivity contribution in [2.45, 2.75) is 226 Å². The first kappa shape index (κ1) is 94.7. The monoisotopic (exact) mass is 1480 g/mol. The van der Waals surface area contributed by atoms with E-state index in [1.54, 1.807) is 24.3 Å². The third-order valence-corrected chi connectivity index (χ3v) is 14.7. The van der Waals surface area contributed by atoms with Crippen molar-refractivity contribution >= 4 is 0 Å². The number of ether oxygens (including phenoxy) is 12. The van der Waals surface area contributed by atoms with E-state index in [1.807, 2.05) is 13.8 Å². The van der Waals surface area contributed by atoms with Crippen molar-refractivity contribution in [3.8, 4) is 0 Å². The molecule has 24 N–H and O–H groups in total. The molecule has 0 aromatic carbocycles. The zero-order chi connectivity index (χ0) is 76.3. The summed E-state index contributed by atoms with van der Waals surface area (Å²) in [4.78, 5) is 0. The Morgan fingerprint density at radius 2 is 0.490 bits per heavy atom. The molecular weight excluding hydrogens is 1370 g/mol. The van der Waals surface area contributed by atoms with E-state index in [0.29, 0.717) is 0 Å². The van der Waals surface area contributed by atoms with Crippen LogP contribution in [0.2, 0.25) is 0 Å². The fraction of sp³-hybridized carbons (Fsp3) is 0.800. The molecule has 6 aliphatic rings. The Kier molecular flexibility index (Phi) is 47.6. The Bertz CT molecular complexity index is 2180. The van der Waals surface area contributed by atoms with Crippen molar-refractivity contribution in [3.63, 3.8) is 0 Å². The van der Waals surface area contributed by atoms with E-state index in [9.17, 15) is 109 Å². The van der Waals surface area contributed by atoms with Crippen LogP contribution in [0.5, 0.6) is 0 Å². The zero-order valence-electron chi connectivity index (χ0n) is 55.6. The fourth-order valence-corrected chi connectivity index (χ4v) is 8.86. The summed E-state index contributed by atoms with van der Waals surface area (Å²) in [5.41, 5.74) is 0. The Hall–Kier alpha value is -3.28. The molecule has 40 heteroatoms. The molecule has 30 atom stereocenters. The van der Waals surface area contributed by atoms with Gasteiger partial charge in [-0.25, -0.2) is 17.6 Å². The molecule has 6 saturated heterocycles. The van der Waals surface area contributed by atoms with Gasteiger partial charge in [-0.1, -0.05) is 24.3 Å². The first-order valence-electron chi connectivity index (χ1n) is 31.2. The topological polar surface area (TPSA) is 596 Å². The first-order chi connectivity index (χ1) is 47.1. The maximum Gasteiger partial charge on any atom is 0.187 e. The van der Waals surface area contributed by atoms with Crippen LogP contribution in [0.25, 0.3) is 0 Å². The highest BCUT2D eigenvalue weighted by Crippen LogP contribution is 2.29. The van der Waals surface area contributed by atoms with Gasteiger partial charge in [0, 0.05) is 0 Å². The summed E-state index contributed by atoms with van der Waals surface area (Å²) >= 11 is 0. The van der Waals surface area contributed by atoms with Gasteiger partial charge in [-0.2, -0.15) is 0 Å². The number of aliphatic hydroxyl groups excluding tert-OH is 24. The summed E-state index contributed by atoms with van der Waals surface area (Å²) < 4.78 is 110. The summed E-state index contributed by atoms with van der Waals surface area (Å²) in [6.45, 7) is 5.17. The molecule has 0 aromatic rings. The highest BCUT2D eigenvalue weighted by molar-refractivity contribution is 4.97. The van der Waals surface area contributed by atoms with Gasteiger partial charge in [-0.15, -0.1) is 0 Å². The van der Waals surface area contributed by atoms with Crippen LogP contribution in [0.1, 0.15) is 41.5 Å². The highest BCUT2D eigenvalue weighted by atomic mass is 19.1. The summed E-state index contributed by atoms with van der Waals surface area (Å²) in [6, 6.07) is 0. The summed E-state index contributed by atoms with van der Waals surface area (Å²) in [7, 11) is 0. The average Bonchev–Trinajstić information content (AvgIpc) is 1.14. The number of hydrogen-bond acceptors (Lipinski definition) is 36. The normalized spacial score (nSPS) is 37.6. The second-order valence-corrected chi connectivity index (χ2v) is 22.5. The molecule has 0 aromatic heterocycles. The Balaban J connectivity index is 0.000000600. The molecule has 6 rings (SSSR count). The van der Waals surface area contributed by atoms with Gasteiger partial charge in [0.05, 0.1) is 103 Å². The summed E-state index contributed by atoms with van der Waals surface area (Å²) in [6.07, 6.45) is -25.8. The standard InChI is InChI=1S/4C10H17FO6.2C10H18O6/c2*1-5(11)2-3-16-10-8(15)7(14)9(17-10)6(13)4-12;2*1-5(11)2-3-16-10-9(15)8(14)7(13)6(4-12)17-10;2*1-2-3-4-15-10-8(14)7(13)9(16-10)6(12)5-11/h4*2,6-10,12-15H,3-4H2,1H3;2*2-3,6-14H,4-5H2,1H3/b3*5-2+;5-2-;2*3-2-/t;;2*6?,7-,8?,9?,10-;;/m..11../s1. The molecule has 6 aliphatic heterocycles. The van der Waals surface area contributed by atoms with Crippen LogP contribution >= 0.6 is 0 Å².